The van der Waals surface area contributed by atoms with Gasteiger partial charge in [0.2, 0.25) is 5.91 Å². The molecule has 0 spiro atoms. The third-order valence-corrected chi connectivity index (χ3v) is 5.31. The molecule has 2 rings (SSSR count). The van der Waals surface area contributed by atoms with Gasteiger partial charge in [0.05, 0.1) is 18.7 Å². The standard InChI is InChI=1S/C15H18N4OS2/c1-9-8-21-14(17-9)7-19(4)6-13(20)18-15-12(5-16)10(2)11(3)22-15/h8H,6-7H2,1-4H3,(H,18,20). The number of hydrogen-bond donors (Lipinski definition) is 1. The molecule has 0 aliphatic rings. The van der Waals surface area contributed by atoms with E-state index in [0.717, 1.165) is 21.1 Å². The zero-order valence-corrected chi connectivity index (χ0v) is 14.7. The zero-order valence-electron chi connectivity index (χ0n) is 13.1. The number of nitriles is 1. The van der Waals surface area contributed by atoms with Gasteiger partial charge in [0.25, 0.3) is 0 Å². The SMILES string of the molecule is Cc1csc(CN(C)CC(=O)Nc2sc(C)c(C)c2C#N)n1. The molecular formula is C15H18N4OS2. The van der Waals surface area contributed by atoms with Crippen molar-refractivity contribution in [3.8, 4) is 6.07 Å². The molecule has 7 heteroatoms. The van der Waals surface area contributed by atoms with Gasteiger partial charge in [-0.05, 0) is 33.4 Å². The van der Waals surface area contributed by atoms with Crippen LogP contribution in [0, 0.1) is 32.1 Å². The van der Waals surface area contributed by atoms with E-state index in [9.17, 15) is 10.1 Å². The number of carbonyl (C=O) groups is 1. The quantitative estimate of drug-likeness (QED) is 0.912. The van der Waals surface area contributed by atoms with Crippen LogP contribution in [0.15, 0.2) is 5.38 Å². The molecule has 1 N–H and O–H groups in total. The Morgan fingerprint density at radius 3 is 2.77 bits per heavy atom. The fraction of sp³-hybridized carbons (Fsp3) is 0.400. The minimum Gasteiger partial charge on any atom is -0.315 e. The summed E-state index contributed by atoms with van der Waals surface area (Å²) in [6, 6.07) is 2.16. The third kappa shape index (κ3) is 3.91. The van der Waals surface area contributed by atoms with Crippen LogP contribution in [0.4, 0.5) is 5.00 Å². The van der Waals surface area contributed by atoms with Crippen LogP contribution in [0.3, 0.4) is 0 Å². The summed E-state index contributed by atoms with van der Waals surface area (Å²) in [4.78, 5) is 19.5. The molecule has 5 nitrogen and oxygen atoms in total. The topological polar surface area (TPSA) is 69.0 Å². The van der Waals surface area contributed by atoms with Crippen LogP contribution in [-0.4, -0.2) is 29.4 Å². The van der Waals surface area contributed by atoms with Crippen molar-refractivity contribution >= 4 is 33.6 Å². The van der Waals surface area contributed by atoms with Gasteiger partial charge in [0.1, 0.15) is 16.1 Å². The van der Waals surface area contributed by atoms with Crippen LogP contribution in [0.25, 0.3) is 0 Å². The average Bonchev–Trinajstić information content (AvgIpc) is 2.94. The number of carbonyl (C=O) groups excluding carboxylic acids is 1. The lowest BCUT2D eigenvalue weighted by Gasteiger charge is -2.14. The maximum Gasteiger partial charge on any atom is 0.239 e. The summed E-state index contributed by atoms with van der Waals surface area (Å²) >= 11 is 3.04. The van der Waals surface area contributed by atoms with Crippen molar-refractivity contribution in [2.45, 2.75) is 27.3 Å². The van der Waals surface area contributed by atoms with E-state index >= 15 is 0 Å². The molecule has 0 aliphatic heterocycles. The summed E-state index contributed by atoms with van der Waals surface area (Å²) in [5, 5.41) is 15.7. The molecule has 0 fully saturated rings. The van der Waals surface area contributed by atoms with E-state index in [2.05, 4.69) is 16.4 Å². The summed E-state index contributed by atoms with van der Waals surface area (Å²) in [6.07, 6.45) is 0. The molecule has 116 valence electrons. The first kappa shape index (κ1) is 16.6. The molecule has 0 bridgehead atoms. The number of aromatic nitrogens is 1. The van der Waals surface area contributed by atoms with Crippen LogP contribution >= 0.6 is 22.7 Å². The number of nitrogens with one attached hydrogen (secondary N) is 1. The number of hydrogen-bond acceptors (Lipinski definition) is 6. The predicted molar refractivity (Wildman–Crippen MR) is 90.3 cm³/mol. The van der Waals surface area contributed by atoms with Gasteiger partial charge in [-0.25, -0.2) is 4.98 Å². The minimum absolute atomic E-state index is 0.117. The number of likely N-dealkylation sites (N-methyl/N-ethyl adjacent to an activating group) is 1. The summed E-state index contributed by atoms with van der Waals surface area (Å²) < 4.78 is 0. The lowest BCUT2D eigenvalue weighted by Crippen LogP contribution is -2.29. The smallest absolute Gasteiger partial charge is 0.239 e. The van der Waals surface area contributed by atoms with Crippen LogP contribution in [0.2, 0.25) is 0 Å². The molecular weight excluding hydrogens is 316 g/mol. The van der Waals surface area contributed by atoms with Crippen LogP contribution in [-0.2, 0) is 11.3 Å². The molecule has 1 amide bonds. The van der Waals surface area contributed by atoms with Crippen molar-refractivity contribution in [1.82, 2.24) is 9.88 Å². The second-order valence-electron chi connectivity index (χ2n) is 5.20. The van der Waals surface area contributed by atoms with Crippen molar-refractivity contribution in [3.05, 3.63) is 32.1 Å². The number of amides is 1. The van der Waals surface area contributed by atoms with E-state index in [1.807, 2.05) is 38.1 Å². The van der Waals surface area contributed by atoms with Gasteiger partial charge in [0.15, 0.2) is 0 Å². The predicted octanol–water partition coefficient (Wildman–Crippen LogP) is 3.07. The molecule has 0 aromatic carbocycles. The molecule has 0 radical (unpaired) electrons. The average molecular weight is 334 g/mol. The molecule has 0 unspecified atom stereocenters. The normalized spacial score (nSPS) is 10.7. The summed E-state index contributed by atoms with van der Waals surface area (Å²) in [5.41, 5.74) is 2.50. The van der Waals surface area contributed by atoms with Gasteiger partial charge < -0.3 is 5.32 Å². The van der Waals surface area contributed by atoms with Gasteiger partial charge in [-0.3, -0.25) is 9.69 Å². The largest absolute Gasteiger partial charge is 0.315 e. The van der Waals surface area contributed by atoms with E-state index in [4.69, 9.17) is 0 Å². The zero-order chi connectivity index (χ0) is 16.3. The fourth-order valence-corrected chi connectivity index (χ4v) is 3.90. The number of thiazole rings is 1. The van der Waals surface area contributed by atoms with E-state index < -0.39 is 0 Å². The van der Waals surface area contributed by atoms with Gasteiger partial charge >= 0.3 is 0 Å². The van der Waals surface area contributed by atoms with E-state index in [1.54, 1.807) is 11.3 Å². The number of thiophene rings is 1. The Morgan fingerprint density at radius 1 is 1.45 bits per heavy atom. The van der Waals surface area contributed by atoms with Gasteiger partial charge in [-0.2, -0.15) is 5.26 Å². The highest BCUT2D eigenvalue weighted by molar-refractivity contribution is 7.16. The maximum absolute atomic E-state index is 12.1. The summed E-state index contributed by atoms with van der Waals surface area (Å²) in [5.74, 6) is -0.117. The summed E-state index contributed by atoms with van der Waals surface area (Å²) in [6.45, 7) is 6.71. The van der Waals surface area contributed by atoms with Crippen molar-refractivity contribution < 1.29 is 4.79 Å². The number of aryl methyl sites for hydroxylation is 2. The Labute approximate surface area is 138 Å². The van der Waals surface area contributed by atoms with Crippen LogP contribution in [0.1, 0.15) is 26.7 Å². The van der Waals surface area contributed by atoms with E-state index in [-0.39, 0.29) is 12.5 Å². The highest BCUT2D eigenvalue weighted by Gasteiger charge is 2.16. The van der Waals surface area contributed by atoms with E-state index in [0.29, 0.717) is 17.1 Å². The lowest BCUT2D eigenvalue weighted by atomic mass is 10.2. The molecule has 2 aromatic heterocycles. The molecule has 0 saturated heterocycles. The minimum atomic E-state index is -0.117. The monoisotopic (exact) mass is 334 g/mol. The Balaban J connectivity index is 1.95. The van der Waals surface area contributed by atoms with Gasteiger partial charge in [-0.15, -0.1) is 22.7 Å². The molecule has 2 aromatic rings. The first-order chi connectivity index (χ1) is 10.4. The summed E-state index contributed by atoms with van der Waals surface area (Å²) in [7, 11) is 1.88. The Morgan fingerprint density at radius 2 is 2.18 bits per heavy atom. The second kappa shape index (κ2) is 7.01. The highest BCUT2D eigenvalue weighted by Crippen LogP contribution is 2.31. The van der Waals surface area contributed by atoms with Crippen molar-refractivity contribution in [1.29, 1.82) is 5.26 Å². The number of rotatable bonds is 5. The Hall–Kier alpha value is -1.75. The number of anilines is 1. The first-order valence-electron chi connectivity index (χ1n) is 6.80. The molecule has 0 saturated carbocycles. The van der Waals surface area contributed by atoms with Crippen LogP contribution < -0.4 is 5.32 Å². The molecule has 0 aliphatic carbocycles. The van der Waals surface area contributed by atoms with Gasteiger partial charge in [0, 0.05) is 16.0 Å². The highest BCUT2D eigenvalue weighted by atomic mass is 32.1. The molecule has 0 atom stereocenters. The third-order valence-electron chi connectivity index (χ3n) is 3.24. The Kier molecular flexibility index (Phi) is 5.29. The maximum atomic E-state index is 12.1. The van der Waals surface area contributed by atoms with Crippen molar-refractivity contribution in [2.75, 3.05) is 18.9 Å². The van der Waals surface area contributed by atoms with Crippen molar-refractivity contribution in [3.63, 3.8) is 0 Å². The van der Waals surface area contributed by atoms with E-state index in [1.165, 1.54) is 11.3 Å². The second-order valence-corrected chi connectivity index (χ2v) is 7.37. The fourth-order valence-electron chi connectivity index (χ4n) is 2.02. The number of nitrogens with zero attached hydrogens (tertiary/aromatic N) is 3. The molecule has 2 heterocycles. The first-order valence-corrected chi connectivity index (χ1v) is 8.49. The molecule has 22 heavy (non-hydrogen) atoms. The van der Waals surface area contributed by atoms with Crippen molar-refractivity contribution in [2.24, 2.45) is 0 Å². The van der Waals surface area contributed by atoms with Crippen LogP contribution in [0.5, 0.6) is 0 Å². The Bertz CT molecular complexity index is 726. The lowest BCUT2D eigenvalue weighted by molar-refractivity contribution is -0.117. The van der Waals surface area contributed by atoms with Gasteiger partial charge in [-0.1, -0.05) is 0 Å².